The highest BCUT2D eigenvalue weighted by Gasteiger charge is 2.31. The standard InChI is InChI=1S/C16H18N2OS/c1-4-11-9-20-16(17-11)12-6-5-7-14-13(12)8-15(19)18(14)10(2)3/h5-7,9-10H,4,8H2,1-3H3. The number of thiazole rings is 1. The summed E-state index contributed by atoms with van der Waals surface area (Å²) in [5.74, 6) is 0.190. The third-order valence-electron chi connectivity index (χ3n) is 3.67. The van der Waals surface area contributed by atoms with E-state index >= 15 is 0 Å². The minimum Gasteiger partial charge on any atom is -0.309 e. The monoisotopic (exact) mass is 286 g/mol. The molecule has 1 aromatic heterocycles. The van der Waals surface area contributed by atoms with Crippen LogP contribution in [0.3, 0.4) is 0 Å². The molecule has 0 atom stereocenters. The van der Waals surface area contributed by atoms with Gasteiger partial charge in [-0.15, -0.1) is 11.3 Å². The van der Waals surface area contributed by atoms with Crippen molar-refractivity contribution in [3.8, 4) is 10.6 Å². The van der Waals surface area contributed by atoms with Crippen molar-refractivity contribution >= 4 is 22.9 Å². The largest absolute Gasteiger partial charge is 0.309 e. The first-order valence-corrected chi connectivity index (χ1v) is 7.88. The summed E-state index contributed by atoms with van der Waals surface area (Å²) >= 11 is 1.66. The van der Waals surface area contributed by atoms with E-state index in [-0.39, 0.29) is 11.9 Å². The van der Waals surface area contributed by atoms with Crippen LogP contribution in [0.25, 0.3) is 10.6 Å². The number of hydrogen-bond acceptors (Lipinski definition) is 3. The summed E-state index contributed by atoms with van der Waals surface area (Å²) in [4.78, 5) is 18.8. The van der Waals surface area contributed by atoms with Gasteiger partial charge in [-0.1, -0.05) is 19.1 Å². The Kier molecular flexibility index (Phi) is 3.34. The van der Waals surface area contributed by atoms with Gasteiger partial charge >= 0.3 is 0 Å². The van der Waals surface area contributed by atoms with E-state index in [2.05, 4.69) is 37.2 Å². The van der Waals surface area contributed by atoms with Gasteiger partial charge in [0, 0.05) is 22.7 Å². The lowest BCUT2D eigenvalue weighted by molar-refractivity contribution is -0.117. The summed E-state index contributed by atoms with van der Waals surface area (Å²) in [6.45, 7) is 6.22. The highest BCUT2D eigenvalue weighted by atomic mass is 32.1. The topological polar surface area (TPSA) is 33.2 Å². The Bertz CT molecular complexity index is 660. The SMILES string of the molecule is CCc1csc(-c2cccc3c2CC(=O)N3C(C)C)n1. The van der Waals surface area contributed by atoms with Crippen LogP contribution in [0.5, 0.6) is 0 Å². The maximum Gasteiger partial charge on any atom is 0.231 e. The second-order valence-corrected chi connectivity index (χ2v) is 6.19. The molecule has 1 aliphatic heterocycles. The Hall–Kier alpha value is -1.68. The zero-order chi connectivity index (χ0) is 14.3. The summed E-state index contributed by atoms with van der Waals surface area (Å²) in [5, 5.41) is 3.13. The summed E-state index contributed by atoms with van der Waals surface area (Å²) in [6, 6.07) is 6.34. The van der Waals surface area contributed by atoms with E-state index in [0.717, 1.165) is 33.9 Å². The van der Waals surface area contributed by atoms with E-state index in [0.29, 0.717) is 6.42 Å². The second-order valence-electron chi connectivity index (χ2n) is 5.34. The molecule has 20 heavy (non-hydrogen) atoms. The minimum absolute atomic E-state index is 0.190. The van der Waals surface area contributed by atoms with Gasteiger partial charge in [0.25, 0.3) is 0 Å². The smallest absolute Gasteiger partial charge is 0.231 e. The molecule has 104 valence electrons. The molecule has 0 unspecified atom stereocenters. The first kappa shape index (κ1) is 13.3. The normalized spacial score (nSPS) is 14.2. The van der Waals surface area contributed by atoms with E-state index in [4.69, 9.17) is 0 Å². The Morgan fingerprint density at radius 2 is 2.20 bits per heavy atom. The molecule has 0 spiro atoms. The number of nitrogens with zero attached hydrogens (tertiary/aromatic N) is 2. The van der Waals surface area contributed by atoms with Gasteiger partial charge in [-0.25, -0.2) is 4.98 Å². The average Bonchev–Trinajstić information content (AvgIpc) is 3.00. The molecule has 3 nitrogen and oxygen atoms in total. The molecule has 0 N–H and O–H groups in total. The first-order valence-electron chi connectivity index (χ1n) is 7.00. The third kappa shape index (κ3) is 2.04. The minimum atomic E-state index is 0.190. The van der Waals surface area contributed by atoms with Crippen molar-refractivity contribution < 1.29 is 4.79 Å². The van der Waals surface area contributed by atoms with Crippen LogP contribution in [-0.4, -0.2) is 16.9 Å². The van der Waals surface area contributed by atoms with Gasteiger partial charge in [0.15, 0.2) is 0 Å². The maximum atomic E-state index is 12.2. The third-order valence-corrected chi connectivity index (χ3v) is 4.59. The van der Waals surface area contributed by atoms with Crippen molar-refractivity contribution in [3.63, 3.8) is 0 Å². The fraction of sp³-hybridized carbons (Fsp3) is 0.375. The number of carbonyl (C=O) groups excluding carboxylic acids is 1. The number of fused-ring (bicyclic) bond motifs is 1. The van der Waals surface area contributed by atoms with Crippen LogP contribution in [0.4, 0.5) is 5.69 Å². The lowest BCUT2D eigenvalue weighted by Gasteiger charge is -2.22. The summed E-state index contributed by atoms with van der Waals surface area (Å²) < 4.78 is 0. The lowest BCUT2D eigenvalue weighted by atomic mass is 10.1. The molecule has 2 heterocycles. The van der Waals surface area contributed by atoms with Gasteiger partial charge < -0.3 is 4.90 Å². The number of amides is 1. The Balaban J connectivity index is 2.10. The van der Waals surface area contributed by atoms with Crippen molar-refractivity contribution in [2.45, 2.75) is 39.7 Å². The number of rotatable bonds is 3. The van der Waals surface area contributed by atoms with Gasteiger partial charge in [0.1, 0.15) is 5.01 Å². The van der Waals surface area contributed by atoms with E-state index in [9.17, 15) is 4.79 Å². The molecule has 3 rings (SSSR count). The first-order chi connectivity index (χ1) is 9.61. The van der Waals surface area contributed by atoms with Crippen LogP contribution < -0.4 is 4.90 Å². The van der Waals surface area contributed by atoms with Crippen molar-refractivity contribution in [2.75, 3.05) is 4.90 Å². The van der Waals surface area contributed by atoms with Crippen LogP contribution in [0.1, 0.15) is 32.0 Å². The molecular weight excluding hydrogens is 268 g/mol. The fourth-order valence-corrected chi connectivity index (χ4v) is 3.67. The molecule has 1 aromatic carbocycles. The average molecular weight is 286 g/mol. The van der Waals surface area contributed by atoms with Gasteiger partial charge in [-0.05, 0) is 31.9 Å². The number of benzene rings is 1. The molecule has 0 fully saturated rings. The molecule has 4 heteroatoms. The predicted molar refractivity (Wildman–Crippen MR) is 83.3 cm³/mol. The number of aromatic nitrogens is 1. The van der Waals surface area contributed by atoms with E-state index in [1.807, 2.05) is 17.0 Å². The summed E-state index contributed by atoms with van der Waals surface area (Å²) in [7, 11) is 0. The highest BCUT2D eigenvalue weighted by molar-refractivity contribution is 7.13. The van der Waals surface area contributed by atoms with Crippen LogP contribution in [0.2, 0.25) is 0 Å². The molecule has 1 amide bonds. The quantitative estimate of drug-likeness (QED) is 0.862. The molecule has 1 aliphatic rings. The van der Waals surface area contributed by atoms with E-state index in [1.54, 1.807) is 11.3 Å². The number of carbonyl (C=O) groups is 1. The molecule has 0 radical (unpaired) electrons. The van der Waals surface area contributed by atoms with Gasteiger partial charge in [-0.3, -0.25) is 4.79 Å². The number of aryl methyl sites for hydroxylation is 1. The Morgan fingerprint density at radius 1 is 1.40 bits per heavy atom. The van der Waals surface area contributed by atoms with Crippen LogP contribution in [0.15, 0.2) is 23.6 Å². The molecule has 0 aliphatic carbocycles. The molecule has 0 saturated heterocycles. The van der Waals surface area contributed by atoms with Gasteiger partial charge in [0.05, 0.1) is 12.1 Å². The van der Waals surface area contributed by atoms with Gasteiger partial charge in [0.2, 0.25) is 5.91 Å². The zero-order valence-electron chi connectivity index (χ0n) is 12.0. The molecule has 2 aromatic rings. The molecule has 0 saturated carbocycles. The van der Waals surface area contributed by atoms with Crippen LogP contribution in [-0.2, 0) is 17.6 Å². The van der Waals surface area contributed by atoms with E-state index < -0.39 is 0 Å². The lowest BCUT2D eigenvalue weighted by Crippen LogP contribution is -2.33. The van der Waals surface area contributed by atoms with Crippen LogP contribution >= 0.6 is 11.3 Å². The van der Waals surface area contributed by atoms with Crippen molar-refractivity contribution in [1.29, 1.82) is 0 Å². The number of hydrogen-bond donors (Lipinski definition) is 0. The summed E-state index contributed by atoms with van der Waals surface area (Å²) in [5.41, 5.74) is 4.41. The Morgan fingerprint density at radius 3 is 2.85 bits per heavy atom. The maximum absolute atomic E-state index is 12.2. The highest BCUT2D eigenvalue weighted by Crippen LogP contribution is 2.38. The predicted octanol–water partition coefficient (Wildman–Crippen LogP) is 3.67. The van der Waals surface area contributed by atoms with E-state index in [1.165, 1.54) is 0 Å². The Labute approximate surface area is 123 Å². The van der Waals surface area contributed by atoms with Crippen LogP contribution in [0, 0.1) is 0 Å². The molecule has 0 bridgehead atoms. The molecular formula is C16H18N2OS. The van der Waals surface area contributed by atoms with Crippen molar-refractivity contribution in [2.24, 2.45) is 0 Å². The van der Waals surface area contributed by atoms with Crippen molar-refractivity contribution in [1.82, 2.24) is 4.98 Å². The second kappa shape index (κ2) is 5.02. The summed E-state index contributed by atoms with van der Waals surface area (Å²) in [6.07, 6.45) is 1.44. The van der Waals surface area contributed by atoms with Gasteiger partial charge in [-0.2, -0.15) is 0 Å². The zero-order valence-corrected chi connectivity index (χ0v) is 12.8. The van der Waals surface area contributed by atoms with Crippen molar-refractivity contribution in [3.05, 3.63) is 34.8 Å². The number of anilines is 1. The fourth-order valence-electron chi connectivity index (χ4n) is 2.72.